The molecule has 0 atom stereocenters. The van der Waals surface area contributed by atoms with Gasteiger partial charge in [-0.3, -0.25) is 4.79 Å². The van der Waals surface area contributed by atoms with Crippen molar-refractivity contribution >= 4 is 22.8 Å². The molecule has 18 heavy (non-hydrogen) atoms. The molecule has 3 rings (SSSR count). The number of nitrogens with two attached hydrogens (primary N) is 1. The van der Waals surface area contributed by atoms with Crippen molar-refractivity contribution in [1.82, 2.24) is 15.3 Å². The van der Waals surface area contributed by atoms with Crippen LogP contribution in [-0.2, 0) is 0 Å². The number of fused-ring (bicyclic) bond motifs is 1. The highest BCUT2D eigenvalue weighted by molar-refractivity contribution is 6.04. The Hall–Kier alpha value is -2.17. The quantitative estimate of drug-likeness (QED) is 0.851. The highest BCUT2D eigenvalue weighted by Crippen LogP contribution is 2.27. The van der Waals surface area contributed by atoms with Gasteiger partial charge in [0.1, 0.15) is 5.69 Å². The van der Waals surface area contributed by atoms with Crippen LogP contribution in [0.2, 0.25) is 0 Å². The maximum Gasteiger partial charge on any atom is 0.270 e. The summed E-state index contributed by atoms with van der Waals surface area (Å²) in [5.41, 5.74) is 6.68. The van der Waals surface area contributed by atoms with E-state index >= 15 is 0 Å². The van der Waals surface area contributed by atoms with Gasteiger partial charge in [-0.1, -0.05) is 18.2 Å². The number of carbonyl (C=O) groups is 1. The molecule has 0 spiro atoms. The van der Waals surface area contributed by atoms with Crippen molar-refractivity contribution in [3.8, 4) is 0 Å². The Labute approximate surface area is 104 Å². The summed E-state index contributed by atoms with van der Waals surface area (Å²) in [7, 11) is 0. The molecular formula is C13H14N4O. The van der Waals surface area contributed by atoms with Gasteiger partial charge in [0.25, 0.3) is 5.91 Å². The minimum atomic E-state index is -0.174. The number of rotatable bonds is 3. The van der Waals surface area contributed by atoms with Crippen molar-refractivity contribution in [2.24, 2.45) is 5.92 Å². The summed E-state index contributed by atoms with van der Waals surface area (Å²) in [6.07, 6.45) is 2.40. The smallest absolute Gasteiger partial charge is 0.270 e. The molecule has 0 saturated heterocycles. The molecule has 1 aliphatic rings. The van der Waals surface area contributed by atoms with Gasteiger partial charge in [0.15, 0.2) is 0 Å². The Morgan fingerprint density at radius 3 is 2.89 bits per heavy atom. The monoisotopic (exact) mass is 242 g/mol. The van der Waals surface area contributed by atoms with Crippen LogP contribution in [0.5, 0.6) is 0 Å². The average Bonchev–Trinajstić information content (AvgIpc) is 3.19. The lowest BCUT2D eigenvalue weighted by atomic mass is 10.2. The molecule has 1 aromatic carbocycles. The van der Waals surface area contributed by atoms with E-state index in [2.05, 4.69) is 15.3 Å². The average molecular weight is 242 g/mol. The number of nitrogens with one attached hydrogen (secondary N) is 1. The number of hydrogen-bond acceptors (Lipinski definition) is 4. The second kappa shape index (κ2) is 4.25. The lowest BCUT2D eigenvalue weighted by Gasteiger charge is -2.07. The molecule has 5 nitrogen and oxygen atoms in total. The fraction of sp³-hybridized carbons (Fsp3) is 0.308. The van der Waals surface area contributed by atoms with Crippen molar-refractivity contribution in [2.75, 3.05) is 12.3 Å². The zero-order valence-corrected chi connectivity index (χ0v) is 9.89. The predicted molar refractivity (Wildman–Crippen MR) is 69.0 cm³/mol. The lowest BCUT2D eigenvalue weighted by Crippen LogP contribution is -2.27. The molecule has 92 valence electrons. The summed E-state index contributed by atoms with van der Waals surface area (Å²) < 4.78 is 0. The Balaban J connectivity index is 1.95. The maximum absolute atomic E-state index is 12.1. The van der Waals surface area contributed by atoms with E-state index in [9.17, 15) is 4.79 Å². The first-order valence-corrected chi connectivity index (χ1v) is 6.04. The maximum atomic E-state index is 12.1. The van der Waals surface area contributed by atoms with Crippen LogP contribution in [0.4, 0.5) is 5.95 Å². The van der Waals surface area contributed by atoms with Crippen LogP contribution in [-0.4, -0.2) is 22.4 Å². The van der Waals surface area contributed by atoms with E-state index in [-0.39, 0.29) is 11.9 Å². The zero-order valence-electron chi connectivity index (χ0n) is 9.89. The van der Waals surface area contributed by atoms with Crippen molar-refractivity contribution < 1.29 is 4.79 Å². The fourth-order valence-electron chi connectivity index (χ4n) is 1.91. The normalized spacial score (nSPS) is 14.7. The van der Waals surface area contributed by atoms with Crippen LogP contribution in [0.1, 0.15) is 23.3 Å². The molecule has 1 heterocycles. The highest BCUT2D eigenvalue weighted by Gasteiger charge is 2.22. The molecule has 0 aliphatic heterocycles. The van der Waals surface area contributed by atoms with Gasteiger partial charge in [-0.05, 0) is 24.8 Å². The molecule has 3 N–H and O–H groups in total. The van der Waals surface area contributed by atoms with Gasteiger partial charge in [0.2, 0.25) is 5.95 Å². The van der Waals surface area contributed by atoms with E-state index in [1.54, 1.807) is 0 Å². The van der Waals surface area contributed by atoms with Gasteiger partial charge < -0.3 is 11.1 Å². The molecule has 0 unspecified atom stereocenters. The second-order valence-electron chi connectivity index (χ2n) is 4.60. The Morgan fingerprint density at radius 2 is 2.11 bits per heavy atom. The van der Waals surface area contributed by atoms with Crippen molar-refractivity contribution in [3.63, 3.8) is 0 Å². The van der Waals surface area contributed by atoms with Crippen LogP contribution in [0.25, 0.3) is 10.9 Å². The molecule has 0 bridgehead atoms. The summed E-state index contributed by atoms with van der Waals surface area (Å²) in [6.45, 7) is 0.719. The van der Waals surface area contributed by atoms with E-state index in [4.69, 9.17) is 5.73 Å². The third-order valence-corrected chi connectivity index (χ3v) is 3.08. The van der Waals surface area contributed by atoms with E-state index in [1.165, 1.54) is 12.8 Å². The summed E-state index contributed by atoms with van der Waals surface area (Å²) in [4.78, 5) is 20.3. The van der Waals surface area contributed by atoms with Gasteiger partial charge in [-0.25, -0.2) is 9.97 Å². The van der Waals surface area contributed by atoms with Gasteiger partial charge >= 0.3 is 0 Å². The molecule has 0 radical (unpaired) electrons. The molecule has 5 heteroatoms. The van der Waals surface area contributed by atoms with Gasteiger partial charge in [-0.2, -0.15) is 0 Å². The van der Waals surface area contributed by atoms with Crippen LogP contribution in [0.15, 0.2) is 24.3 Å². The molecule has 1 amide bonds. The number of carbonyl (C=O) groups excluding carboxylic acids is 1. The van der Waals surface area contributed by atoms with Crippen molar-refractivity contribution in [2.45, 2.75) is 12.8 Å². The Bertz CT molecular complexity index is 607. The molecule has 1 fully saturated rings. The number of nitrogen functional groups attached to an aromatic ring is 1. The number of aromatic nitrogens is 2. The van der Waals surface area contributed by atoms with Crippen LogP contribution in [0.3, 0.4) is 0 Å². The third kappa shape index (κ3) is 2.11. The summed E-state index contributed by atoms with van der Waals surface area (Å²) in [6, 6.07) is 7.38. The van der Waals surface area contributed by atoms with Gasteiger partial charge in [-0.15, -0.1) is 0 Å². The molecular weight excluding hydrogens is 228 g/mol. The first kappa shape index (κ1) is 11.0. The fourth-order valence-corrected chi connectivity index (χ4v) is 1.91. The number of anilines is 1. The largest absolute Gasteiger partial charge is 0.368 e. The summed E-state index contributed by atoms with van der Waals surface area (Å²) in [5.74, 6) is 0.594. The number of amides is 1. The first-order chi connectivity index (χ1) is 8.74. The predicted octanol–water partition coefficient (Wildman–Crippen LogP) is 1.35. The Morgan fingerprint density at radius 1 is 1.33 bits per heavy atom. The highest BCUT2D eigenvalue weighted by atomic mass is 16.1. The first-order valence-electron chi connectivity index (χ1n) is 6.04. The van der Waals surface area contributed by atoms with E-state index in [0.29, 0.717) is 17.1 Å². The minimum Gasteiger partial charge on any atom is -0.368 e. The van der Waals surface area contributed by atoms with E-state index in [1.807, 2.05) is 24.3 Å². The lowest BCUT2D eigenvalue weighted by molar-refractivity contribution is 0.0948. The molecule has 1 aliphatic carbocycles. The van der Waals surface area contributed by atoms with Crippen molar-refractivity contribution in [1.29, 1.82) is 0 Å². The number of hydrogen-bond donors (Lipinski definition) is 2. The standard InChI is InChI=1S/C13H14N4O/c14-13-16-10-4-2-1-3-9(10)11(17-13)12(18)15-7-8-5-6-8/h1-4,8H,5-7H2,(H,15,18)(H2,14,16,17). The molecule has 1 saturated carbocycles. The SMILES string of the molecule is Nc1nc(C(=O)NCC2CC2)c2ccccc2n1. The van der Waals surface area contributed by atoms with E-state index in [0.717, 1.165) is 11.9 Å². The molecule has 2 aromatic rings. The minimum absolute atomic E-state index is 0.130. The van der Waals surface area contributed by atoms with E-state index < -0.39 is 0 Å². The Kier molecular flexibility index (Phi) is 2.59. The van der Waals surface area contributed by atoms with Crippen LogP contribution < -0.4 is 11.1 Å². The summed E-state index contributed by atoms with van der Waals surface area (Å²) >= 11 is 0. The zero-order chi connectivity index (χ0) is 12.5. The number of para-hydroxylation sites is 1. The van der Waals surface area contributed by atoms with Gasteiger partial charge in [0, 0.05) is 11.9 Å². The van der Waals surface area contributed by atoms with Crippen LogP contribution >= 0.6 is 0 Å². The van der Waals surface area contributed by atoms with Crippen LogP contribution in [0, 0.1) is 5.92 Å². The van der Waals surface area contributed by atoms with Gasteiger partial charge in [0.05, 0.1) is 5.52 Å². The molecule has 1 aromatic heterocycles. The number of nitrogens with zero attached hydrogens (tertiary/aromatic N) is 2. The second-order valence-corrected chi connectivity index (χ2v) is 4.60. The number of benzene rings is 1. The van der Waals surface area contributed by atoms with Crippen molar-refractivity contribution in [3.05, 3.63) is 30.0 Å². The topological polar surface area (TPSA) is 80.9 Å². The third-order valence-electron chi connectivity index (χ3n) is 3.08. The summed E-state index contributed by atoms with van der Waals surface area (Å²) in [5, 5.41) is 3.63.